The van der Waals surface area contributed by atoms with Gasteiger partial charge in [0.05, 0.1) is 50.0 Å². The molecule has 3 aliphatic rings. The molecule has 18 atom stereocenters. The molecule has 15 nitrogen and oxygen atoms in total. The summed E-state index contributed by atoms with van der Waals surface area (Å²) in [4.78, 5) is 28.8. The Kier molecular flexibility index (Phi) is 14.7. The Hall–Kier alpha value is -1.34. The Balaban J connectivity index is 2.20. The highest BCUT2D eigenvalue weighted by Crippen LogP contribution is 2.40. The Bertz CT molecular complexity index is 1170. The van der Waals surface area contributed by atoms with E-state index in [-0.39, 0.29) is 31.4 Å². The van der Waals surface area contributed by atoms with E-state index in [0.29, 0.717) is 6.42 Å². The summed E-state index contributed by atoms with van der Waals surface area (Å²) in [6.45, 7) is 14.1. The molecule has 0 saturated carbocycles. The van der Waals surface area contributed by atoms with Gasteiger partial charge < -0.3 is 64.0 Å². The third kappa shape index (κ3) is 9.49. The zero-order valence-electron chi connectivity index (χ0n) is 32.4. The summed E-state index contributed by atoms with van der Waals surface area (Å²) in [6, 6.07) is -0.279. The van der Waals surface area contributed by atoms with Gasteiger partial charge >= 0.3 is 5.97 Å². The van der Waals surface area contributed by atoms with Crippen molar-refractivity contribution in [3.8, 4) is 0 Å². The Morgan fingerprint density at radius 2 is 1.47 bits per heavy atom. The summed E-state index contributed by atoms with van der Waals surface area (Å²) in [7, 11) is 5.18. The number of methoxy groups -OCH3 is 1. The highest BCUT2D eigenvalue weighted by molar-refractivity contribution is 5.83. The van der Waals surface area contributed by atoms with Crippen LogP contribution in [0.1, 0.15) is 88.0 Å². The van der Waals surface area contributed by atoms with Crippen molar-refractivity contribution in [1.29, 1.82) is 0 Å². The zero-order chi connectivity index (χ0) is 39.0. The van der Waals surface area contributed by atoms with Gasteiger partial charge in [0.25, 0.3) is 0 Å². The van der Waals surface area contributed by atoms with E-state index in [9.17, 15) is 40.2 Å². The number of carbonyl (C=O) groups is 2. The van der Waals surface area contributed by atoms with Crippen LogP contribution in [-0.2, 0) is 38.0 Å². The number of aliphatic hydroxyl groups excluding tert-OH is 4. The summed E-state index contributed by atoms with van der Waals surface area (Å²) < 4.78 is 36.1. The molecule has 3 heterocycles. The van der Waals surface area contributed by atoms with E-state index in [0.717, 1.165) is 4.90 Å². The fraction of sp³-hybridized carbons (Fsp3) is 0.944. The van der Waals surface area contributed by atoms with Gasteiger partial charge in [-0.05, 0) is 47.5 Å². The second-order valence-electron chi connectivity index (χ2n) is 16.3. The normalized spacial score (nSPS) is 49.7. The van der Waals surface area contributed by atoms with E-state index in [1.54, 1.807) is 27.7 Å². The van der Waals surface area contributed by atoms with Crippen LogP contribution in [0, 0.1) is 23.7 Å². The first-order valence-corrected chi connectivity index (χ1v) is 18.3. The number of Topliss-reactive ketones (excluding diaryl/α,β-unsaturated/α-hetero) is 1. The van der Waals surface area contributed by atoms with Crippen molar-refractivity contribution >= 4 is 11.8 Å². The van der Waals surface area contributed by atoms with Gasteiger partial charge in [-0.25, -0.2) is 0 Å². The van der Waals surface area contributed by atoms with Crippen LogP contribution >= 0.6 is 0 Å². The number of ketones is 1. The van der Waals surface area contributed by atoms with Crippen molar-refractivity contribution in [1.82, 2.24) is 0 Å². The van der Waals surface area contributed by atoms with E-state index >= 15 is 0 Å². The molecule has 0 bridgehead atoms. The maximum absolute atomic E-state index is 14.0. The number of rotatable bonds is 7. The number of hydrogen-bond donors (Lipinski definition) is 7. The molecule has 298 valence electrons. The quantitative estimate of drug-likeness (QED) is 0.161. The van der Waals surface area contributed by atoms with Gasteiger partial charge in [0.2, 0.25) is 0 Å². The molecule has 0 aromatic heterocycles. The molecule has 3 saturated heterocycles. The molecular weight excluding hydrogens is 670 g/mol. The molecule has 7 N–H and O–H groups in total. The molecule has 0 spiro atoms. The van der Waals surface area contributed by atoms with Crippen LogP contribution in [0.5, 0.6) is 0 Å². The molecule has 3 aliphatic heterocycles. The molecule has 0 amide bonds. The molecule has 51 heavy (non-hydrogen) atoms. The molecule has 0 aromatic rings. The van der Waals surface area contributed by atoms with Gasteiger partial charge in [0.15, 0.2) is 25.0 Å². The summed E-state index contributed by atoms with van der Waals surface area (Å²) in [5.74, 6) is -5.43. The molecule has 0 aliphatic carbocycles. The van der Waals surface area contributed by atoms with Crippen LogP contribution in [0.4, 0.5) is 0 Å². The summed E-state index contributed by atoms with van der Waals surface area (Å²) >= 11 is 0. The molecule has 0 aromatic carbocycles. The van der Waals surface area contributed by atoms with Gasteiger partial charge in [-0.3, -0.25) is 9.59 Å². The van der Waals surface area contributed by atoms with Crippen molar-refractivity contribution < 1.29 is 73.5 Å². The highest BCUT2D eigenvalue weighted by atomic mass is 16.7. The van der Waals surface area contributed by atoms with Gasteiger partial charge in [0.1, 0.15) is 35.2 Å². The van der Waals surface area contributed by atoms with Gasteiger partial charge in [-0.15, -0.1) is 0 Å². The monoisotopic (exact) mass is 736 g/mol. The number of aliphatic hydroxyl groups is 6. The highest BCUT2D eigenvalue weighted by Gasteiger charge is 2.54. The second kappa shape index (κ2) is 17.0. The maximum atomic E-state index is 14.0. The first-order chi connectivity index (χ1) is 23.4. The number of cyclic esters (lactones) is 1. The number of ether oxygens (including phenoxy) is 6. The molecular formula is C36H66NO14+. The lowest BCUT2D eigenvalue weighted by Gasteiger charge is -2.48. The van der Waals surface area contributed by atoms with Crippen LogP contribution in [0.15, 0.2) is 0 Å². The van der Waals surface area contributed by atoms with Crippen LogP contribution in [-0.4, -0.2) is 148 Å². The average Bonchev–Trinajstić information content (AvgIpc) is 3.05. The molecule has 15 heteroatoms. The largest absolute Gasteiger partial charge is 0.459 e. The lowest BCUT2D eigenvalue weighted by molar-refractivity contribution is -0.893. The standard InChI is InChI=1S/C36H65NO14/c1-13-23-36(9,45)28(41)19(4)25(39)17(2)15-34(7,44)30(51-32-26(40)22(37(10)11)14-18(3)47-32)20(5)27(21(6)31(43)48-23)50-33-29(42)35(8,46-12)16-24(38)49-33/h17-24,26-30,32-33,38,40-42,44-45H,13-16H2,1-12H3/p+1. The van der Waals surface area contributed by atoms with Crippen LogP contribution in [0.3, 0.4) is 0 Å². The number of quaternary nitrogens is 1. The van der Waals surface area contributed by atoms with E-state index < -0.39 is 108 Å². The number of likely N-dealkylation sites (N-methyl/N-ethyl adjacent to an activating group) is 1. The summed E-state index contributed by atoms with van der Waals surface area (Å²) in [6.07, 6.45) is -12.1. The second-order valence-corrected chi connectivity index (χ2v) is 16.3. The maximum Gasteiger partial charge on any atom is 0.311 e. The van der Waals surface area contributed by atoms with Gasteiger partial charge in [-0.1, -0.05) is 27.7 Å². The van der Waals surface area contributed by atoms with E-state index in [1.165, 1.54) is 34.8 Å². The number of nitrogens with one attached hydrogen (secondary N) is 1. The third-order valence-corrected chi connectivity index (χ3v) is 11.7. The van der Waals surface area contributed by atoms with Crippen LogP contribution in [0.25, 0.3) is 0 Å². The number of carbonyl (C=O) groups excluding carboxylic acids is 2. The Morgan fingerprint density at radius 1 is 0.863 bits per heavy atom. The summed E-state index contributed by atoms with van der Waals surface area (Å²) in [5.41, 5.74) is -5.20. The van der Waals surface area contributed by atoms with Crippen molar-refractivity contribution in [2.75, 3.05) is 21.2 Å². The topological polar surface area (TPSA) is 215 Å². The van der Waals surface area contributed by atoms with Crippen LogP contribution < -0.4 is 4.90 Å². The Labute approximate surface area is 302 Å². The predicted octanol–water partition coefficient (Wildman–Crippen LogP) is -0.702. The van der Waals surface area contributed by atoms with E-state index in [1.807, 2.05) is 21.0 Å². The smallest absolute Gasteiger partial charge is 0.311 e. The SMILES string of the molecule is CCC1OC(=O)C(C)C(OC2OC(O)CC(C)(OC)C2O)C(C)C(OC2OC(C)CC([NH+](C)C)C2O)C(C)(O)CC(C)C(=O)C(C)C(O)C1(C)O. The lowest BCUT2D eigenvalue weighted by Crippen LogP contribution is -3.12. The van der Waals surface area contributed by atoms with Crippen molar-refractivity contribution in [2.45, 2.75) is 172 Å². The van der Waals surface area contributed by atoms with E-state index in [4.69, 9.17) is 28.4 Å². The number of esters is 1. The Morgan fingerprint density at radius 3 is 2.02 bits per heavy atom. The fourth-order valence-corrected chi connectivity index (χ4v) is 8.23. The first kappa shape index (κ1) is 44.1. The minimum Gasteiger partial charge on any atom is -0.459 e. The molecule has 0 radical (unpaired) electrons. The first-order valence-electron chi connectivity index (χ1n) is 18.3. The van der Waals surface area contributed by atoms with Crippen molar-refractivity contribution in [3.63, 3.8) is 0 Å². The number of hydrogen-bond acceptors (Lipinski definition) is 14. The van der Waals surface area contributed by atoms with E-state index in [2.05, 4.69) is 0 Å². The van der Waals surface area contributed by atoms with Crippen molar-refractivity contribution in [3.05, 3.63) is 0 Å². The van der Waals surface area contributed by atoms with Crippen molar-refractivity contribution in [2.24, 2.45) is 23.7 Å². The molecule has 3 fully saturated rings. The third-order valence-electron chi connectivity index (χ3n) is 11.7. The minimum atomic E-state index is -2.04. The minimum absolute atomic E-state index is 0.0765. The predicted molar refractivity (Wildman–Crippen MR) is 182 cm³/mol. The van der Waals surface area contributed by atoms with Crippen LogP contribution in [0.2, 0.25) is 0 Å². The summed E-state index contributed by atoms with van der Waals surface area (Å²) in [5, 5.41) is 68.6. The average molecular weight is 737 g/mol. The van der Waals surface area contributed by atoms with Gasteiger partial charge in [-0.2, -0.15) is 0 Å². The fourth-order valence-electron chi connectivity index (χ4n) is 8.23. The molecule has 3 rings (SSSR count). The molecule has 18 unspecified atom stereocenters. The van der Waals surface area contributed by atoms with Gasteiger partial charge in [0, 0.05) is 37.7 Å². The lowest BCUT2D eigenvalue weighted by atomic mass is 9.74. The zero-order valence-corrected chi connectivity index (χ0v) is 32.4.